The van der Waals surface area contributed by atoms with Gasteiger partial charge in [-0.3, -0.25) is 0 Å². The summed E-state index contributed by atoms with van der Waals surface area (Å²) in [5, 5.41) is 10.8. The van der Waals surface area contributed by atoms with E-state index in [-0.39, 0.29) is 5.69 Å². The quantitative estimate of drug-likeness (QED) is 0.765. The number of H-pyrrole nitrogens is 1. The highest BCUT2D eigenvalue weighted by molar-refractivity contribution is 6.16. The van der Waals surface area contributed by atoms with E-state index in [0.29, 0.717) is 22.4 Å². The van der Waals surface area contributed by atoms with Gasteiger partial charge in [-0.1, -0.05) is 12.1 Å². The minimum Gasteiger partial charge on any atom is -0.495 e. The fourth-order valence-corrected chi connectivity index (χ4v) is 2.36. The number of carboxylic acids is 1. The molecule has 102 valence electrons. The van der Waals surface area contributed by atoms with Crippen molar-refractivity contribution in [2.24, 2.45) is 0 Å². The van der Waals surface area contributed by atoms with Crippen LogP contribution < -0.4 is 9.47 Å². The third-order valence-electron chi connectivity index (χ3n) is 3.23. The molecule has 3 rings (SSSR count). The van der Waals surface area contributed by atoms with Gasteiger partial charge in [-0.2, -0.15) is 0 Å². The number of aromatic amines is 1. The lowest BCUT2D eigenvalue weighted by Gasteiger charge is -2.03. The summed E-state index contributed by atoms with van der Waals surface area (Å²) in [6.45, 7) is 0. The number of fused-ring (bicyclic) bond motifs is 3. The molecule has 0 fully saturated rings. The summed E-state index contributed by atoms with van der Waals surface area (Å²) >= 11 is 0. The smallest absolute Gasteiger partial charge is 0.356 e. The molecule has 0 amide bonds. The number of pyridine rings is 1. The number of aromatic carboxylic acids is 1. The van der Waals surface area contributed by atoms with E-state index in [0.717, 1.165) is 10.9 Å². The fourth-order valence-electron chi connectivity index (χ4n) is 2.36. The maximum absolute atomic E-state index is 11.3. The predicted octanol–water partition coefficient (Wildman–Crippen LogP) is 2.43. The second-order valence-corrected chi connectivity index (χ2v) is 4.24. The number of methoxy groups -OCH3 is 2. The lowest BCUT2D eigenvalue weighted by molar-refractivity contribution is 0.0692. The molecular weight excluding hydrogens is 260 g/mol. The average molecular weight is 272 g/mol. The molecule has 6 nitrogen and oxygen atoms in total. The Morgan fingerprint density at radius 1 is 1.20 bits per heavy atom. The number of aromatic nitrogens is 2. The Bertz CT molecular complexity index is 823. The summed E-state index contributed by atoms with van der Waals surface area (Å²) in [7, 11) is 3.09. The van der Waals surface area contributed by atoms with Gasteiger partial charge in [-0.15, -0.1) is 0 Å². The third kappa shape index (κ3) is 1.58. The first-order valence-electron chi connectivity index (χ1n) is 5.92. The molecule has 0 saturated carbocycles. The lowest BCUT2D eigenvalue weighted by Crippen LogP contribution is -2.01. The zero-order valence-electron chi connectivity index (χ0n) is 10.9. The minimum atomic E-state index is -1.09. The van der Waals surface area contributed by atoms with Crippen molar-refractivity contribution in [3.8, 4) is 11.5 Å². The Hall–Kier alpha value is -2.76. The Morgan fingerprint density at radius 2 is 1.95 bits per heavy atom. The van der Waals surface area contributed by atoms with Crippen LogP contribution in [-0.2, 0) is 0 Å². The molecule has 0 unspecified atom stereocenters. The lowest BCUT2D eigenvalue weighted by atomic mass is 10.1. The number of benzene rings is 1. The van der Waals surface area contributed by atoms with Gasteiger partial charge in [0.05, 0.1) is 36.8 Å². The van der Waals surface area contributed by atoms with Crippen LogP contribution in [0.4, 0.5) is 0 Å². The van der Waals surface area contributed by atoms with Crippen LogP contribution in [0.25, 0.3) is 21.8 Å². The van der Waals surface area contributed by atoms with E-state index in [1.807, 2.05) is 12.1 Å². The van der Waals surface area contributed by atoms with Crippen molar-refractivity contribution in [3.63, 3.8) is 0 Å². The highest BCUT2D eigenvalue weighted by Gasteiger charge is 2.19. The zero-order chi connectivity index (χ0) is 14.3. The number of carbonyl (C=O) groups is 1. The van der Waals surface area contributed by atoms with E-state index < -0.39 is 5.97 Å². The van der Waals surface area contributed by atoms with Crippen molar-refractivity contribution < 1.29 is 19.4 Å². The molecule has 20 heavy (non-hydrogen) atoms. The molecule has 2 heterocycles. The van der Waals surface area contributed by atoms with Crippen LogP contribution in [0.15, 0.2) is 24.4 Å². The number of nitrogens with zero attached hydrogens (tertiary/aromatic N) is 1. The summed E-state index contributed by atoms with van der Waals surface area (Å²) in [6, 6.07) is 5.53. The molecule has 0 spiro atoms. The predicted molar refractivity (Wildman–Crippen MR) is 73.7 cm³/mol. The molecule has 6 heteroatoms. The molecule has 0 atom stereocenters. The van der Waals surface area contributed by atoms with E-state index in [9.17, 15) is 9.90 Å². The van der Waals surface area contributed by atoms with Crippen LogP contribution in [0.3, 0.4) is 0 Å². The van der Waals surface area contributed by atoms with Gasteiger partial charge in [0, 0.05) is 5.39 Å². The van der Waals surface area contributed by atoms with Crippen LogP contribution >= 0.6 is 0 Å². The monoisotopic (exact) mass is 272 g/mol. The van der Waals surface area contributed by atoms with E-state index in [1.54, 1.807) is 13.2 Å². The normalized spacial score (nSPS) is 10.9. The molecule has 0 radical (unpaired) electrons. The highest BCUT2D eigenvalue weighted by Crippen LogP contribution is 2.37. The standard InChI is InChI=1S/C14H12N2O4/c1-19-8-5-3-4-7-10-9(20-2)6-15-13(14(17)18)12(10)16-11(7)8/h3-6,16H,1-2H3,(H,17,18). The van der Waals surface area contributed by atoms with Crippen LogP contribution in [0.5, 0.6) is 11.5 Å². The van der Waals surface area contributed by atoms with E-state index in [4.69, 9.17) is 9.47 Å². The summed E-state index contributed by atoms with van der Waals surface area (Å²) in [4.78, 5) is 18.3. The van der Waals surface area contributed by atoms with Crippen molar-refractivity contribution in [2.45, 2.75) is 0 Å². The van der Waals surface area contributed by atoms with Gasteiger partial charge in [-0.05, 0) is 6.07 Å². The first kappa shape index (κ1) is 12.3. The molecular formula is C14H12N2O4. The molecule has 0 aliphatic heterocycles. The molecule has 2 aromatic heterocycles. The Kier molecular flexibility index (Phi) is 2.71. The number of carboxylic acid groups (broad SMARTS) is 1. The number of hydrogen-bond donors (Lipinski definition) is 2. The van der Waals surface area contributed by atoms with Gasteiger partial charge < -0.3 is 19.6 Å². The third-order valence-corrected chi connectivity index (χ3v) is 3.23. The Morgan fingerprint density at radius 3 is 2.60 bits per heavy atom. The van der Waals surface area contributed by atoms with Crippen molar-refractivity contribution in [1.29, 1.82) is 0 Å². The van der Waals surface area contributed by atoms with Gasteiger partial charge in [0.1, 0.15) is 11.5 Å². The minimum absolute atomic E-state index is 0.0425. The first-order chi connectivity index (χ1) is 9.67. The van der Waals surface area contributed by atoms with Crippen molar-refractivity contribution in [3.05, 3.63) is 30.1 Å². The molecule has 1 aromatic carbocycles. The van der Waals surface area contributed by atoms with Crippen LogP contribution in [0.1, 0.15) is 10.5 Å². The summed E-state index contributed by atoms with van der Waals surface area (Å²) < 4.78 is 10.6. The molecule has 0 saturated heterocycles. The fraction of sp³-hybridized carbons (Fsp3) is 0.143. The van der Waals surface area contributed by atoms with E-state index >= 15 is 0 Å². The second kappa shape index (κ2) is 4.41. The molecule has 2 N–H and O–H groups in total. The van der Waals surface area contributed by atoms with Crippen LogP contribution in [0.2, 0.25) is 0 Å². The maximum atomic E-state index is 11.3. The summed E-state index contributed by atoms with van der Waals surface area (Å²) in [5.41, 5.74) is 1.11. The zero-order valence-corrected chi connectivity index (χ0v) is 10.9. The first-order valence-corrected chi connectivity index (χ1v) is 5.92. The van der Waals surface area contributed by atoms with E-state index in [1.165, 1.54) is 13.3 Å². The summed E-state index contributed by atoms with van der Waals surface area (Å²) in [5.74, 6) is 0.0600. The topological polar surface area (TPSA) is 84.4 Å². The van der Waals surface area contributed by atoms with Crippen molar-refractivity contribution >= 4 is 27.8 Å². The van der Waals surface area contributed by atoms with E-state index in [2.05, 4.69) is 9.97 Å². The van der Waals surface area contributed by atoms with Crippen LogP contribution in [0, 0.1) is 0 Å². The molecule has 0 aliphatic rings. The largest absolute Gasteiger partial charge is 0.495 e. The van der Waals surface area contributed by atoms with Gasteiger partial charge in [0.2, 0.25) is 0 Å². The number of nitrogens with one attached hydrogen (secondary N) is 1. The molecule has 0 aliphatic carbocycles. The average Bonchev–Trinajstić information content (AvgIpc) is 2.85. The number of para-hydroxylation sites is 1. The summed E-state index contributed by atoms with van der Waals surface area (Å²) in [6.07, 6.45) is 1.42. The van der Waals surface area contributed by atoms with Crippen molar-refractivity contribution in [1.82, 2.24) is 9.97 Å². The molecule has 3 aromatic rings. The molecule has 0 bridgehead atoms. The maximum Gasteiger partial charge on any atom is 0.356 e. The highest BCUT2D eigenvalue weighted by atomic mass is 16.5. The second-order valence-electron chi connectivity index (χ2n) is 4.24. The SMILES string of the molecule is COc1cccc2c1[nH]c1c(C(=O)O)ncc(OC)c12. The number of hydrogen-bond acceptors (Lipinski definition) is 4. The van der Waals surface area contributed by atoms with Gasteiger partial charge in [0.25, 0.3) is 0 Å². The Balaban J connectivity index is 2.54. The van der Waals surface area contributed by atoms with Gasteiger partial charge >= 0.3 is 5.97 Å². The van der Waals surface area contributed by atoms with Gasteiger partial charge in [0.15, 0.2) is 5.69 Å². The number of ether oxygens (including phenoxy) is 2. The van der Waals surface area contributed by atoms with Crippen molar-refractivity contribution in [2.75, 3.05) is 14.2 Å². The number of rotatable bonds is 3. The van der Waals surface area contributed by atoms with Crippen LogP contribution in [-0.4, -0.2) is 35.3 Å². The van der Waals surface area contributed by atoms with Gasteiger partial charge in [-0.25, -0.2) is 9.78 Å². The Labute approximate surface area is 114 Å².